The zero-order chi connectivity index (χ0) is 22.3. The molecule has 0 aromatic carbocycles. The molecule has 4 heterocycles. The van der Waals surface area contributed by atoms with E-state index < -0.39 is 0 Å². The summed E-state index contributed by atoms with van der Waals surface area (Å²) in [6.45, 7) is 1.77. The molecule has 0 amide bonds. The highest BCUT2D eigenvalue weighted by Crippen LogP contribution is 2.28. The summed E-state index contributed by atoms with van der Waals surface area (Å²) in [6, 6.07) is 9.98. The third kappa shape index (κ3) is 5.25. The molecule has 1 N–H and O–H groups in total. The van der Waals surface area contributed by atoms with Crippen molar-refractivity contribution >= 4 is 11.8 Å². The monoisotopic (exact) mass is 435 g/mol. The van der Waals surface area contributed by atoms with Crippen molar-refractivity contribution in [2.24, 2.45) is 0 Å². The van der Waals surface area contributed by atoms with Crippen LogP contribution in [0.4, 0.5) is 5.82 Å². The molecule has 3 aromatic heterocycles. The van der Waals surface area contributed by atoms with Gasteiger partial charge in [0, 0.05) is 43.2 Å². The van der Waals surface area contributed by atoms with Gasteiger partial charge in [-0.25, -0.2) is 9.97 Å². The summed E-state index contributed by atoms with van der Waals surface area (Å²) in [4.78, 5) is 21.1. The first-order valence-electron chi connectivity index (χ1n) is 11.0. The lowest BCUT2D eigenvalue weighted by Crippen LogP contribution is -2.14. The predicted octanol–water partition coefficient (Wildman–Crippen LogP) is 3.37. The number of hydrogen-bond donors (Lipinski definition) is 1. The number of fused-ring (bicyclic) bond motifs is 1. The Hall–Kier alpha value is -3.42. The van der Waals surface area contributed by atoms with E-state index in [0.717, 1.165) is 55.1 Å². The summed E-state index contributed by atoms with van der Waals surface area (Å²) in [5.74, 6) is 1.05. The molecule has 8 nitrogen and oxygen atoms in total. The van der Waals surface area contributed by atoms with Crippen LogP contribution in [0.3, 0.4) is 0 Å². The number of nitrogens with one attached hydrogen (secondary N) is 1. The Labute approximate surface area is 188 Å². The first kappa shape index (κ1) is 21.8. The molecule has 32 heavy (non-hydrogen) atoms. The molecule has 4 rings (SSSR count). The quantitative estimate of drug-likeness (QED) is 0.515. The van der Waals surface area contributed by atoms with Crippen molar-refractivity contribution in [1.82, 2.24) is 19.7 Å². The van der Waals surface area contributed by atoms with Crippen molar-refractivity contribution in [2.45, 2.75) is 44.6 Å². The number of esters is 1. The number of anilines is 1. The Morgan fingerprint density at radius 1 is 1.22 bits per heavy atom. The third-order valence-electron chi connectivity index (χ3n) is 5.76. The molecule has 1 atom stereocenters. The highest BCUT2D eigenvalue weighted by Gasteiger charge is 2.22. The van der Waals surface area contributed by atoms with Crippen molar-refractivity contribution in [3.8, 4) is 5.88 Å². The summed E-state index contributed by atoms with van der Waals surface area (Å²) < 4.78 is 12.0. The van der Waals surface area contributed by atoms with Gasteiger partial charge < -0.3 is 14.8 Å². The highest BCUT2D eigenvalue weighted by atomic mass is 16.5. The fourth-order valence-electron chi connectivity index (χ4n) is 3.98. The van der Waals surface area contributed by atoms with Crippen molar-refractivity contribution in [2.75, 3.05) is 26.1 Å². The largest absolute Gasteiger partial charge is 0.481 e. The molecule has 1 aliphatic heterocycles. The number of ether oxygens (including phenoxy) is 2. The van der Waals surface area contributed by atoms with Crippen LogP contribution in [-0.2, 0) is 28.9 Å². The molecule has 0 radical (unpaired) electrons. The summed E-state index contributed by atoms with van der Waals surface area (Å²) in [5.41, 5.74) is 4.12. The molecular weight excluding hydrogens is 406 g/mol. The molecule has 168 valence electrons. The Morgan fingerprint density at radius 2 is 2.12 bits per heavy atom. The van der Waals surface area contributed by atoms with E-state index in [9.17, 15) is 4.79 Å². The van der Waals surface area contributed by atoms with Crippen LogP contribution in [0.1, 0.15) is 47.7 Å². The van der Waals surface area contributed by atoms with E-state index in [1.165, 1.54) is 19.1 Å². The van der Waals surface area contributed by atoms with Gasteiger partial charge in [0.05, 0.1) is 26.3 Å². The summed E-state index contributed by atoms with van der Waals surface area (Å²) >= 11 is 0. The van der Waals surface area contributed by atoms with Crippen molar-refractivity contribution in [3.63, 3.8) is 0 Å². The minimum Gasteiger partial charge on any atom is -0.481 e. The number of aryl methyl sites for hydroxylation is 3. The number of methoxy groups -OCH3 is 2. The second kappa shape index (κ2) is 10.3. The molecule has 8 heteroatoms. The van der Waals surface area contributed by atoms with Gasteiger partial charge in [0.25, 0.3) is 0 Å². The number of hydrogen-bond acceptors (Lipinski definition) is 7. The molecule has 0 spiro atoms. The molecule has 0 bridgehead atoms. The number of nitrogens with zero attached hydrogens (tertiary/aromatic N) is 4. The number of rotatable bonds is 9. The molecule has 1 aliphatic rings. The van der Waals surface area contributed by atoms with Crippen molar-refractivity contribution in [3.05, 3.63) is 65.2 Å². The first-order valence-corrected chi connectivity index (χ1v) is 11.0. The van der Waals surface area contributed by atoms with Gasteiger partial charge in [0.15, 0.2) is 0 Å². The van der Waals surface area contributed by atoms with Crippen molar-refractivity contribution < 1.29 is 14.3 Å². The van der Waals surface area contributed by atoms with Gasteiger partial charge in [0.2, 0.25) is 5.88 Å². The van der Waals surface area contributed by atoms with Crippen LogP contribution in [0.2, 0.25) is 0 Å². The molecule has 1 unspecified atom stereocenters. The standard InChI is InChI=1S/C24H29N5O3/c1-31-22-10-8-18(16-26-22)20(15-23(30)32-2)21-11-14-29(28-21)13-4-6-19-9-7-17-5-3-12-25-24(17)27-19/h7-11,14,16,20H,3-6,12-13,15H2,1-2H3,(H,25,27). The molecular formula is C24H29N5O3. The van der Waals surface area contributed by atoms with E-state index in [-0.39, 0.29) is 18.3 Å². The van der Waals surface area contributed by atoms with Crippen molar-refractivity contribution in [1.29, 1.82) is 0 Å². The Bertz CT molecular complexity index is 1050. The fourth-order valence-corrected chi connectivity index (χ4v) is 3.98. The van der Waals surface area contributed by atoms with Crippen LogP contribution in [0, 0.1) is 0 Å². The highest BCUT2D eigenvalue weighted by molar-refractivity contribution is 5.71. The summed E-state index contributed by atoms with van der Waals surface area (Å²) in [7, 11) is 2.97. The van der Waals surface area contributed by atoms with E-state index in [4.69, 9.17) is 19.6 Å². The van der Waals surface area contributed by atoms with Gasteiger partial charge in [-0.3, -0.25) is 9.48 Å². The van der Waals surface area contributed by atoms with Gasteiger partial charge in [-0.2, -0.15) is 5.10 Å². The van der Waals surface area contributed by atoms with E-state index in [1.54, 1.807) is 19.4 Å². The lowest BCUT2D eigenvalue weighted by Gasteiger charge is -2.17. The number of aromatic nitrogens is 4. The molecule has 0 saturated heterocycles. The molecule has 0 aliphatic carbocycles. The second-order valence-corrected chi connectivity index (χ2v) is 7.91. The lowest BCUT2D eigenvalue weighted by molar-refractivity contribution is -0.140. The topological polar surface area (TPSA) is 91.2 Å². The smallest absolute Gasteiger partial charge is 0.306 e. The Balaban J connectivity index is 1.41. The average molecular weight is 436 g/mol. The van der Waals surface area contributed by atoms with E-state index >= 15 is 0 Å². The number of pyridine rings is 2. The van der Waals surface area contributed by atoms with Crippen LogP contribution in [0.5, 0.6) is 5.88 Å². The van der Waals surface area contributed by atoms with E-state index in [1.807, 2.05) is 23.0 Å². The molecule has 0 saturated carbocycles. The van der Waals surface area contributed by atoms with Crippen LogP contribution >= 0.6 is 0 Å². The maximum Gasteiger partial charge on any atom is 0.306 e. The zero-order valence-electron chi connectivity index (χ0n) is 18.6. The second-order valence-electron chi connectivity index (χ2n) is 7.91. The fraction of sp³-hybridized carbons (Fsp3) is 0.417. The summed E-state index contributed by atoms with van der Waals surface area (Å²) in [6.07, 6.45) is 7.96. The maximum absolute atomic E-state index is 12.0. The van der Waals surface area contributed by atoms with E-state index in [0.29, 0.717) is 5.88 Å². The SMILES string of the molecule is COC(=O)CC(c1ccc(OC)nc1)c1ccn(CCCc2ccc3c(n2)NCCC3)n1. The van der Waals surface area contributed by atoms with Gasteiger partial charge >= 0.3 is 5.97 Å². The lowest BCUT2D eigenvalue weighted by atomic mass is 9.94. The Morgan fingerprint density at radius 3 is 2.91 bits per heavy atom. The third-order valence-corrected chi connectivity index (χ3v) is 5.76. The average Bonchev–Trinajstić information content (AvgIpc) is 3.31. The van der Waals surface area contributed by atoms with Crippen LogP contribution in [0.25, 0.3) is 0 Å². The number of carbonyl (C=O) groups is 1. The van der Waals surface area contributed by atoms with Gasteiger partial charge in [-0.15, -0.1) is 0 Å². The first-order chi connectivity index (χ1) is 15.7. The minimum atomic E-state index is -0.285. The zero-order valence-corrected chi connectivity index (χ0v) is 18.6. The minimum absolute atomic E-state index is 0.202. The Kier molecular flexibility index (Phi) is 6.99. The van der Waals surface area contributed by atoms with E-state index in [2.05, 4.69) is 22.4 Å². The predicted molar refractivity (Wildman–Crippen MR) is 121 cm³/mol. The van der Waals surface area contributed by atoms with Gasteiger partial charge in [-0.1, -0.05) is 12.1 Å². The maximum atomic E-state index is 12.0. The summed E-state index contributed by atoms with van der Waals surface area (Å²) in [5, 5.41) is 8.13. The van der Waals surface area contributed by atoms with Crippen LogP contribution < -0.4 is 10.1 Å². The molecule has 3 aromatic rings. The van der Waals surface area contributed by atoms with Gasteiger partial charge in [0.1, 0.15) is 5.82 Å². The normalized spacial score (nSPS) is 13.7. The van der Waals surface area contributed by atoms with Crippen LogP contribution in [0.15, 0.2) is 42.7 Å². The molecule has 0 fully saturated rings. The number of carbonyl (C=O) groups excluding carboxylic acids is 1. The van der Waals surface area contributed by atoms with Crippen LogP contribution in [-0.4, -0.2) is 46.5 Å². The van der Waals surface area contributed by atoms with Gasteiger partial charge in [-0.05, 0) is 48.9 Å².